The minimum atomic E-state index is 0. The molecule has 27 heavy (non-hydrogen) atoms. The normalized spacial score (nSPS) is 10.9. The first-order valence-electron chi connectivity index (χ1n) is 8.31. The summed E-state index contributed by atoms with van der Waals surface area (Å²) in [6, 6.07) is 15.7. The van der Waals surface area contributed by atoms with E-state index in [2.05, 4.69) is 48.9 Å². The zero-order valence-electron chi connectivity index (χ0n) is 15.8. The molecule has 0 fully saturated rings. The van der Waals surface area contributed by atoms with Gasteiger partial charge in [-0.3, -0.25) is 4.99 Å². The average molecular weight is 493 g/mol. The third-order valence-corrected chi connectivity index (χ3v) is 4.76. The number of phenols is 1. The van der Waals surface area contributed by atoms with E-state index in [4.69, 9.17) is 0 Å². The molecule has 0 saturated carbocycles. The summed E-state index contributed by atoms with van der Waals surface area (Å²) in [4.78, 5) is 8.89. The van der Waals surface area contributed by atoms with Crippen molar-refractivity contribution in [2.45, 2.75) is 0 Å². The fourth-order valence-electron chi connectivity index (χ4n) is 2.98. The Balaban J connectivity index is 0.00000261. The molecule has 0 spiro atoms. The Hall–Kier alpha value is -2.05. The van der Waals surface area contributed by atoms with E-state index in [-0.39, 0.29) is 22.7 Å². The summed E-state index contributed by atoms with van der Waals surface area (Å²) in [6.45, 7) is 0. The second kappa shape index (κ2) is 8.76. The van der Waals surface area contributed by atoms with Crippen LogP contribution < -0.4 is 9.80 Å². The monoisotopic (exact) mass is 491 g/mol. The molecule has 0 amide bonds. The van der Waals surface area contributed by atoms with Crippen molar-refractivity contribution in [1.29, 1.82) is 0 Å². The molecule has 0 atom stereocenters. The summed E-state index contributed by atoms with van der Waals surface area (Å²) in [5, 5.41) is 12.3. The first kappa shape index (κ1) is 21.3. The number of aromatic hydroxyl groups is 1. The maximum absolute atomic E-state index is 10.0. The van der Waals surface area contributed by atoms with Gasteiger partial charge in [-0.15, -0.1) is 17.0 Å². The van der Waals surface area contributed by atoms with Crippen LogP contribution in [0.3, 0.4) is 0 Å². The lowest BCUT2D eigenvalue weighted by Gasteiger charge is -2.22. The number of nitrogens with zero attached hydrogens (tertiary/aromatic N) is 3. The van der Waals surface area contributed by atoms with Crippen LogP contribution in [0.2, 0.25) is 0 Å². The Morgan fingerprint density at radius 1 is 0.926 bits per heavy atom. The number of aliphatic imine (C=N–C) groups is 1. The van der Waals surface area contributed by atoms with Crippen molar-refractivity contribution in [3.8, 4) is 5.75 Å². The maximum Gasteiger partial charge on any atom is 0.124 e. The van der Waals surface area contributed by atoms with Crippen molar-refractivity contribution < 1.29 is 5.11 Å². The molecule has 0 aliphatic rings. The molecule has 0 radical (unpaired) electrons. The summed E-state index contributed by atoms with van der Waals surface area (Å²) in [6.07, 6.45) is 1.70. The molecule has 3 aromatic carbocycles. The van der Waals surface area contributed by atoms with Crippen LogP contribution in [-0.4, -0.2) is 39.5 Å². The minimum Gasteiger partial charge on any atom is -0.507 e. The van der Waals surface area contributed by atoms with Gasteiger partial charge in [-0.2, -0.15) is 0 Å². The molecule has 0 heterocycles. The van der Waals surface area contributed by atoms with E-state index < -0.39 is 0 Å². The number of benzene rings is 3. The number of halogens is 2. The summed E-state index contributed by atoms with van der Waals surface area (Å²) < 4.78 is 0.902. The summed E-state index contributed by atoms with van der Waals surface area (Å²) in [5.41, 5.74) is 3.84. The SMILES string of the molecule is Br.CN(C)c1cccc2c(N=Cc3cc(Br)ccc3O)ccc(N(C)C)c12. The lowest BCUT2D eigenvalue weighted by Crippen LogP contribution is -2.13. The van der Waals surface area contributed by atoms with Crippen molar-refractivity contribution in [3.05, 3.63) is 58.6 Å². The highest BCUT2D eigenvalue weighted by Crippen LogP contribution is 2.39. The van der Waals surface area contributed by atoms with E-state index in [1.807, 2.05) is 46.4 Å². The van der Waals surface area contributed by atoms with Gasteiger partial charge >= 0.3 is 0 Å². The van der Waals surface area contributed by atoms with Crippen LogP contribution in [0.1, 0.15) is 5.56 Å². The Kier molecular flexibility index (Phi) is 6.89. The summed E-state index contributed by atoms with van der Waals surface area (Å²) in [5.74, 6) is 0.208. The fourth-order valence-corrected chi connectivity index (χ4v) is 3.36. The van der Waals surface area contributed by atoms with Crippen LogP contribution in [0, 0.1) is 0 Å². The number of phenolic OH excluding ortho intramolecular Hbond substituents is 1. The molecule has 1 N–H and O–H groups in total. The van der Waals surface area contributed by atoms with Crippen LogP contribution in [0.4, 0.5) is 17.1 Å². The standard InChI is InChI=1S/C21H22BrN3O.BrH/c1-24(2)18-7-5-6-16-17(9-10-19(21(16)18)25(3)4)23-13-14-12-15(22)8-11-20(14)26;/h5-13,26H,1-4H3;1H. The molecular weight excluding hydrogens is 470 g/mol. The maximum atomic E-state index is 10.0. The van der Waals surface area contributed by atoms with Gasteiger partial charge in [0.2, 0.25) is 0 Å². The first-order valence-corrected chi connectivity index (χ1v) is 9.10. The molecule has 0 aliphatic heterocycles. The highest BCUT2D eigenvalue weighted by Gasteiger charge is 2.12. The van der Waals surface area contributed by atoms with Crippen LogP contribution in [0.15, 0.2) is 58.0 Å². The number of hydrogen-bond acceptors (Lipinski definition) is 4. The van der Waals surface area contributed by atoms with Crippen molar-refractivity contribution >= 4 is 67.0 Å². The molecule has 0 saturated heterocycles. The third kappa shape index (κ3) is 4.45. The lowest BCUT2D eigenvalue weighted by molar-refractivity contribution is 0.474. The second-order valence-electron chi connectivity index (χ2n) is 6.55. The van der Waals surface area contributed by atoms with Crippen LogP contribution in [0.25, 0.3) is 10.8 Å². The number of hydrogen-bond donors (Lipinski definition) is 1. The van der Waals surface area contributed by atoms with Gasteiger partial charge in [-0.05, 0) is 36.4 Å². The lowest BCUT2D eigenvalue weighted by atomic mass is 10.0. The van der Waals surface area contributed by atoms with Gasteiger partial charge < -0.3 is 14.9 Å². The Morgan fingerprint density at radius 2 is 1.59 bits per heavy atom. The van der Waals surface area contributed by atoms with E-state index in [0.29, 0.717) is 5.56 Å². The average Bonchev–Trinajstić information content (AvgIpc) is 2.61. The molecular formula is C21H23Br2N3O. The van der Waals surface area contributed by atoms with Crippen molar-refractivity contribution in [2.75, 3.05) is 38.0 Å². The predicted octanol–water partition coefficient (Wildman–Crippen LogP) is 5.77. The topological polar surface area (TPSA) is 39.1 Å². The Morgan fingerprint density at radius 3 is 2.26 bits per heavy atom. The number of rotatable bonds is 4. The van der Waals surface area contributed by atoms with Gasteiger partial charge in [0.05, 0.1) is 5.69 Å². The van der Waals surface area contributed by atoms with Crippen molar-refractivity contribution in [3.63, 3.8) is 0 Å². The van der Waals surface area contributed by atoms with Crippen LogP contribution in [-0.2, 0) is 0 Å². The van der Waals surface area contributed by atoms with Crippen molar-refractivity contribution in [2.24, 2.45) is 4.99 Å². The molecule has 0 unspecified atom stereocenters. The Labute approximate surface area is 179 Å². The fraction of sp³-hybridized carbons (Fsp3) is 0.190. The largest absolute Gasteiger partial charge is 0.507 e. The predicted molar refractivity (Wildman–Crippen MR) is 126 cm³/mol. The number of fused-ring (bicyclic) bond motifs is 1. The summed E-state index contributed by atoms with van der Waals surface area (Å²) in [7, 11) is 8.18. The van der Waals surface area contributed by atoms with E-state index in [0.717, 1.165) is 32.3 Å². The Bertz CT molecular complexity index is 970. The molecule has 4 nitrogen and oxygen atoms in total. The van der Waals surface area contributed by atoms with E-state index in [1.54, 1.807) is 18.3 Å². The zero-order chi connectivity index (χ0) is 18.8. The molecule has 3 rings (SSSR count). The smallest absolute Gasteiger partial charge is 0.124 e. The van der Waals surface area contributed by atoms with E-state index in [9.17, 15) is 5.11 Å². The number of anilines is 2. The van der Waals surface area contributed by atoms with Gasteiger partial charge in [0.25, 0.3) is 0 Å². The van der Waals surface area contributed by atoms with Gasteiger partial charge in [0.15, 0.2) is 0 Å². The zero-order valence-corrected chi connectivity index (χ0v) is 19.1. The molecule has 142 valence electrons. The van der Waals surface area contributed by atoms with Gasteiger partial charge in [-0.25, -0.2) is 0 Å². The van der Waals surface area contributed by atoms with Crippen molar-refractivity contribution in [1.82, 2.24) is 0 Å². The van der Waals surface area contributed by atoms with Crippen LogP contribution in [0.5, 0.6) is 5.75 Å². The molecule has 6 heteroatoms. The molecule has 0 aromatic heterocycles. The third-order valence-electron chi connectivity index (χ3n) is 4.27. The second-order valence-corrected chi connectivity index (χ2v) is 7.47. The highest BCUT2D eigenvalue weighted by atomic mass is 79.9. The van der Waals surface area contributed by atoms with Gasteiger partial charge in [0.1, 0.15) is 5.75 Å². The van der Waals surface area contributed by atoms with E-state index in [1.165, 1.54) is 0 Å². The van der Waals surface area contributed by atoms with Crippen LogP contribution >= 0.6 is 32.9 Å². The van der Waals surface area contributed by atoms with Gasteiger partial charge in [-0.1, -0.05) is 28.1 Å². The molecule has 0 aliphatic carbocycles. The highest BCUT2D eigenvalue weighted by molar-refractivity contribution is 9.10. The van der Waals surface area contributed by atoms with E-state index >= 15 is 0 Å². The summed E-state index contributed by atoms with van der Waals surface area (Å²) >= 11 is 3.43. The minimum absolute atomic E-state index is 0. The molecule has 0 bridgehead atoms. The van der Waals surface area contributed by atoms with Gasteiger partial charge in [0, 0.05) is 66.6 Å². The quantitative estimate of drug-likeness (QED) is 0.470. The molecule has 3 aromatic rings. The first-order chi connectivity index (χ1) is 12.4.